The third-order valence-electron chi connectivity index (χ3n) is 7.27. The average molecular weight is 496 g/mol. The summed E-state index contributed by atoms with van der Waals surface area (Å²) in [4.78, 5) is 0. The second-order valence-electron chi connectivity index (χ2n) is 12.1. The summed E-state index contributed by atoms with van der Waals surface area (Å²) in [7, 11) is 0.211. The van der Waals surface area contributed by atoms with Crippen LogP contribution in [0.1, 0.15) is 41.6 Å². The van der Waals surface area contributed by atoms with Crippen LogP contribution in [0.15, 0.2) is 71.3 Å². The Hall–Kier alpha value is -3.17. The molecule has 0 unspecified atom stereocenters. The van der Waals surface area contributed by atoms with Crippen LogP contribution in [-0.2, 0) is 12.5 Å². The molecule has 0 amide bonds. The van der Waals surface area contributed by atoms with E-state index in [1.54, 1.807) is 0 Å². The van der Waals surface area contributed by atoms with E-state index in [2.05, 4.69) is 95.5 Å². The van der Waals surface area contributed by atoms with E-state index >= 15 is 0 Å². The Bertz CT molecular complexity index is 1730. The molecule has 36 heavy (non-hydrogen) atoms. The van der Waals surface area contributed by atoms with E-state index in [4.69, 9.17) is 8.53 Å². The molecule has 0 saturated heterocycles. The van der Waals surface area contributed by atoms with Gasteiger partial charge in [0, 0.05) is 26.1 Å². The van der Waals surface area contributed by atoms with Gasteiger partial charge in [-0.25, -0.2) is 4.57 Å². The quantitative estimate of drug-likeness (QED) is 0.182. The highest BCUT2D eigenvalue weighted by Crippen LogP contribution is 2.38. The predicted octanol–water partition coefficient (Wildman–Crippen LogP) is 8.20. The number of para-hydroxylation sites is 1. The molecule has 3 heteroatoms. The number of nitrogens with zero attached hydrogens (tertiary/aromatic N) is 1. The second-order valence-corrected chi connectivity index (χ2v) is 17.1. The van der Waals surface area contributed by atoms with E-state index in [0.717, 1.165) is 55.4 Å². The molecule has 0 spiro atoms. The van der Waals surface area contributed by atoms with Crippen LogP contribution in [0.25, 0.3) is 44.3 Å². The van der Waals surface area contributed by atoms with E-state index < -0.39 is 14.9 Å². The lowest BCUT2D eigenvalue weighted by Gasteiger charge is -2.24. The molecule has 3 aromatic carbocycles. The summed E-state index contributed by atoms with van der Waals surface area (Å²) in [6.07, 6.45) is 2.22. The molecule has 2 nitrogen and oxygen atoms in total. The molecule has 5 aromatic rings. The van der Waals surface area contributed by atoms with Gasteiger partial charge in [-0.3, -0.25) is 0 Å². The monoisotopic (exact) mass is 495 g/mol. The van der Waals surface area contributed by atoms with Gasteiger partial charge in [0.1, 0.15) is 18.2 Å². The van der Waals surface area contributed by atoms with Crippen molar-refractivity contribution >= 4 is 35.2 Å². The molecule has 0 aliphatic rings. The van der Waals surface area contributed by atoms with Gasteiger partial charge < -0.3 is 4.42 Å². The van der Waals surface area contributed by atoms with Crippen LogP contribution in [0.2, 0.25) is 19.6 Å². The number of hydrogen-bond donors (Lipinski definition) is 0. The molecule has 0 bridgehead atoms. The first-order valence-corrected chi connectivity index (χ1v) is 16.2. The summed E-state index contributed by atoms with van der Waals surface area (Å²) in [6.45, 7) is 13.2. The van der Waals surface area contributed by atoms with Crippen molar-refractivity contribution in [2.75, 3.05) is 0 Å². The Morgan fingerprint density at radius 1 is 0.861 bits per heavy atom. The number of rotatable bonds is 3. The SMILES string of the molecule is [2H]C([2H])([2H])c1cc(C(C)(C)C)ccc1-c1cc(-c2c(C)ccc3c2oc2ccccc23)[n+](C)cc1[Si](C)(C)C. The van der Waals surface area contributed by atoms with Crippen molar-refractivity contribution < 1.29 is 13.1 Å². The highest BCUT2D eigenvalue weighted by molar-refractivity contribution is 6.89. The largest absolute Gasteiger partial charge is 0.455 e. The van der Waals surface area contributed by atoms with Gasteiger partial charge in [-0.1, -0.05) is 88.9 Å². The smallest absolute Gasteiger partial charge is 0.216 e. The Morgan fingerprint density at radius 2 is 1.61 bits per heavy atom. The van der Waals surface area contributed by atoms with Gasteiger partial charge in [-0.2, -0.15) is 0 Å². The minimum absolute atomic E-state index is 0.150. The highest BCUT2D eigenvalue weighted by atomic mass is 28.3. The summed E-state index contributed by atoms with van der Waals surface area (Å²) in [5.41, 5.74) is 7.95. The van der Waals surface area contributed by atoms with Gasteiger partial charge >= 0.3 is 0 Å². The first-order valence-electron chi connectivity index (χ1n) is 14.2. The zero-order valence-corrected chi connectivity index (χ0v) is 23.7. The van der Waals surface area contributed by atoms with Crippen LogP contribution in [0.5, 0.6) is 0 Å². The first-order chi connectivity index (χ1) is 18.1. The normalized spacial score (nSPS) is 14.2. The molecular weight excluding hydrogens is 454 g/mol. The van der Waals surface area contributed by atoms with Crippen LogP contribution in [0.3, 0.4) is 0 Å². The molecule has 2 heterocycles. The maximum Gasteiger partial charge on any atom is 0.216 e. The molecule has 0 aliphatic carbocycles. The zero-order valence-electron chi connectivity index (χ0n) is 25.7. The highest BCUT2D eigenvalue weighted by Gasteiger charge is 2.29. The molecule has 0 fully saturated rings. The first kappa shape index (κ1) is 21.0. The molecule has 0 N–H and O–H groups in total. The Kier molecular flexibility index (Phi) is 4.92. The maximum atomic E-state index is 8.48. The van der Waals surface area contributed by atoms with Crippen LogP contribution in [-0.4, -0.2) is 8.07 Å². The lowest BCUT2D eigenvalue weighted by atomic mass is 9.84. The fraction of sp³-hybridized carbons (Fsp3) is 0.303. The minimum Gasteiger partial charge on any atom is -0.455 e. The lowest BCUT2D eigenvalue weighted by molar-refractivity contribution is -0.659. The van der Waals surface area contributed by atoms with E-state index in [-0.39, 0.29) is 5.41 Å². The summed E-state index contributed by atoms with van der Waals surface area (Å²) < 4.78 is 34.1. The molecule has 0 radical (unpaired) electrons. The number of benzene rings is 3. The second kappa shape index (κ2) is 8.45. The van der Waals surface area contributed by atoms with Gasteiger partial charge in [0.25, 0.3) is 0 Å². The fourth-order valence-electron chi connectivity index (χ4n) is 5.17. The summed E-state index contributed by atoms with van der Waals surface area (Å²) in [5, 5.41) is 3.41. The van der Waals surface area contributed by atoms with Gasteiger partial charge in [0.2, 0.25) is 5.69 Å². The number of furan rings is 1. The van der Waals surface area contributed by atoms with Crippen LogP contribution >= 0.6 is 0 Å². The molecule has 184 valence electrons. The van der Waals surface area contributed by atoms with Gasteiger partial charge in [-0.15, -0.1) is 0 Å². The minimum atomic E-state index is -2.24. The van der Waals surface area contributed by atoms with Gasteiger partial charge in [-0.05, 0) is 53.1 Å². The molecule has 0 atom stereocenters. The van der Waals surface area contributed by atoms with Crippen molar-refractivity contribution in [1.29, 1.82) is 0 Å². The fourth-order valence-corrected chi connectivity index (χ4v) is 6.77. The van der Waals surface area contributed by atoms with Gasteiger partial charge in [0.15, 0.2) is 6.20 Å². The zero-order chi connectivity index (χ0) is 28.5. The number of hydrogen-bond acceptors (Lipinski definition) is 1. The van der Waals surface area contributed by atoms with E-state index in [0.29, 0.717) is 5.56 Å². The van der Waals surface area contributed by atoms with E-state index in [1.165, 1.54) is 5.19 Å². The van der Waals surface area contributed by atoms with Crippen molar-refractivity contribution in [3.05, 3.63) is 83.6 Å². The summed E-state index contributed by atoms with van der Waals surface area (Å²) >= 11 is 0. The van der Waals surface area contributed by atoms with E-state index in [9.17, 15) is 0 Å². The van der Waals surface area contributed by atoms with Crippen molar-refractivity contribution in [3.63, 3.8) is 0 Å². The predicted molar refractivity (Wildman–Crippen MR) is 157 cm³/mol. The third kappa shape index (κ3) is 4.10. The lowest BCUT2D eigenvalue weighted by Crippen LogP contribution is -2.46. The Balaban J connectivity index is 1.87. The number of pyridine rings is 1. The maximum absolute atomic E-state index is 8.48. The summed E-state index contributed by atoms with van der Waals surface area (Å²) in [5.74, 6) is 0. The Labute approximate surface area is 220 Å². The standard InChI is InChI=1S/C33H38NOSi/c1-21-14-16-26-25-12-10-11-13-29(25)35-32(26)31(21)28-19-27(30(20-34(28)6)36(7,8)9)24-17-15-23(18-22(24)2)33(3,4)5/h10-20H,1-9H3/q+1/i2D3. The molecular formula is C33H38NOSi+. The molecule has 5 rings (SSSR count). The van der Waals surface area contributed by atoms with E-state index in [1.807, 2.05) is 30.3 Å². The van der Waals surface area contributed by atoms with Crippen molar-refractivity contribution in [2.24, 2.45) is 7.05 Å². The third-order valence-corrected chi connectivity index (χ3v) is 9.28. The van der Waals surface area contributed by atoms with Crippen molar-refractivity contribution in [1.82, 2.24) is 0 Å². The molecule has 0 saturated carbocycles. The Morgan fingerprint density at radius 3 is 2.31 bits per heavy atom. The topological polar surface area (TPSA) is 17.0 Å². The average Bonchev–Trinajstić information content (AvgIpc) is 3.21. The number of fused-ring (bicyclic) bond motifs is 3. The molecule has 2 aromatic heterocycles. The van der Waals surface area contributed by atoms with Crippen molar-refractivity contribution in [2.45, 2.75) is 59.6 Å². The van der Waals surface area contributed by atoms with Gasteiger partial charge in [0.05, 0.1) is 13.6 Å². The van der Waals surface area contributed by atoms with Crippen LogP contribution in [0, 0.1) is 13.8 Å². The molecule has 0 aliphatic heterocycles. The number of aromatic nitrogens is 1. The van der Waals surface area contributed by atoms with Crippen LogP contribution < -0.4 is 9.75 Å². The van der Waals surface area contributed by atoms with Crippen molar-refractivity contribution in [3.8, 4) is 22.4 Å². The van der Waals surface area contributed by atoms with Crippen LogP contribution in [0.4, 0.5) is 0 Å². The summed E-state index contributed by atoms with van der Waals surface area (Å²) in [6, 6.07) is 20.6. The number of aryl methyl sites for hydroxylation is 3.